The maximum atomic E-state index is 6.22. The van der Waals surface area contributed by atoms with E-state index in [2.05, 4.69) is 13.5 Å². The number of hydrogen-bond donors (Lipinski definition) is 0. The zero-order valence-corrected chi connectivity index (χ0v) is 11.8. The van der Waals surface area contributed by atoms with Crippen molar-refractivity contribution in [2.45, 2.75) is 58.5 Å². The summed E-state index contributed by atoms with van der Waals surface area (Å²) in [5.74, 6) is 1.80. The Kier molecular flexibility index (Phi) is 4.87. The van der Waals surface area contributed by atoms with Gasteiger partial charge in [-0.15, -0.1) is 0 Å². The molecule has 1 aliphatic heterocycles. The van der Waals surface area contributed by atoms with Crippen molar-refractivity contribution < 1.29 is 9.47 Å². The van der Waals surface area contributed by atoms with Gasteiger partial charge in [0.15, 0.2) is 0 Å². The van der Waals surface area contributed by atoms with E-state index in [9.17, 15) is 0 Å². The lowest BCUT2D eigenvalue weighted by Gasteiger charge is -2.29. The van der Waals surface area contributed by atoms with Crippen molar-refractivity contribution in [2.75, 3.05) is 13.2 Å². The van der Waals surface area contributed by atoms with Crippen LogP contribution < -0.4 is 0 Å². The van der Waals surface area contributed by atoms with Crippen LogP contribution >= 0.6 is 0 Å². The second-order valence-corrected chi connectivity index (χ2v) is 5.86. The van der Waals surface area contributed by atoms with Gasteiger partial charge in [-0.2, -0.15) is 0 Å². The number of hydrogen-bond acceptors (Lipinski definition) is 2. The Morgan fingerprint density at radius 3 is 2.72 bits per heavy atom. The molecule has 0 bridgehead atoms. The summed E-state index contributed by atoms with van der Waals surface area (Å²) in [7, 11) is 0. The highest BCUT2D eigenvalue weighted by atomic mass is 16.5. The minimum absolute atomic E-state index is 0.208. The van der Waals surface area contributed by atoms with Gasteiger partial charge in [-0.05, 0) is 62.5 Å². The number of rotatable bonds is 3. The highest BCUT2D eigenvalue weighted by molar-refractivity contribution is 5.29. The second kappa shape index (κ2) is 6.42. The maximum absolute atomic E-state index is 6.22. The van der Waals surface area contributed by atoms with Gasteiger partial charge >= 0.3 is 0 Å². The molecule has 2 nitrogen and oxygen atoms in total. The average Bonchev–Trinajstić information content (AvgIpc) is 2.21. The molecule has 0 radical (unpaired) electrons. The van der Waals surface area contributed by atoms with Crippen molar-refractivity contribution in [2.24, 2.45) is 5.92 Å². The minimum Gasteiger partial charge on any atom is -0.488 e. The first-order chi connectivity index (χ1) is 8.66. The van der Waals surface area contributed by atoms with Gasteiger partial charge < -0.3 is 9.47 Å². The van der Waals surface area contributed by atoms with Gasteiger partial charge in [0.1, 0.15) is 11.9 Å². The molecule has 2 fully saturated rings. The molecule has 0 aromatic carbocycles. The fraction of sp³-hybridized carbons (Fsp3) is 0.750. The summed E-state index contributed by atoms with van der Waals surface area (Å²) >= 11 is 0. The Hall–Kier alpha value is -0.760. The summed E-state index contributed by atoms with van der Waals surface area (Å²) in [4.78, 5) is 0. The van der Waals surface area contributed by atoms with E-state index in [4.69, 9.17) is 9.47 Å². The van der Waals surface area contributed by atoms with E-state index in [1.165, 1.54) is 37.7 Å². The number of allylic oxidation sites excluding steroid dienone is 2. The largest absolute Gasteiger partial charge is 0.488 e. The van der Waals surface area contributed by atoms with Gasteiger partial charge in [-0.1, -0.05) is 13.5 Å². The molecule has 2 atom stereocenters. The van der Waals surface area contributed by atoms with Crippen LogP contribution in [0.5, 0.6) is 0 Å². The van der Waals surface area contributed by atoms with E-state index in [0.29, 0.717) is 0 Å². The second-order valence-electron chi connectivity index (χ2n) is 5.86. The van der Waals surface area contributed by atoms with Gasteiger partial charge in [0.25, 0.3) is 0 Å². The van der Waals surface area contributed by atoms with Crippen molar-refractivity contribution in [3.63, 3.8) is 0 Å². The first-order valence-corrected chi connectivity index (χ1v) is 7.29. The molecule has 0 aromatic heterocycles. The van der Waals surface area contributed by atoms with E-state index in [0.717, 1.165) is 36.9 Å². The van der Waals surface area contributed by atoms with Gasteiger partial charge in [-0.25, -0.2) is 0 Å². The summed E-state index contributed by atoms with van der Waals surface area (Å²) in [6, 6.07) is 0. The minimum atomic E-state index is 0.208. The summed E-state index contributed by atoms with van der Waals surface area (Å²) in [5, 5.41) is 0. The quantitative estimate of drug-likeness (QED) is 0.698. The third kappa shape index (κ3) is 3.61. The van der Waals surface area contributed by atoms with Crippen molar-refractivity contribution >= 4 is 0 Å². The molecule has 0 aromatic rings. The lowest BCUT2D eigenvalue weighted by Crippen LogP contribution is -2.26. The lowest BCUT2D eigenvalue weighted by atomic mass is 9.89. The van der Waals surface area contributed by atoms with E-state index in [1.54, 1.807) is 0 Å². The van der Waals surface area contributed by atoms with Crippen LogP contribution in [-0.4, -0.2) is 19.3 Å². The Labute approximate surface area is 111 Å². The predicted octanol–water partition coefficient (Wildman–Crippen LogP) is 4.22. The van der Waals surface area contributed by atoms with Crippen LogP contribution in [0.2, 0.25) is 0 Å². The van der Waals surface area contributed by atoms with E-state index in [1.807, 2.05) is 6.92 Å². The Morgan fingerprint density at radius 1 is 1.33 bits per heavy atom. The summed E-state index contributed by atoms with van der Waals surface area (Å²) in [6.07, 6.45) is 7.41. The average molecular weight is 250 g/mol. The first kappa shape index (κ1) is 13.7. The van der Waals surface area contributed by atoms with Crippen LogP contribution in [0, 0.1) is 5.92 Å². The van der Waals surface area contributed by atoms with Gasteiger partial charge in [0.2, 0.25) is 0 Å². The van der Waals surface area contributed by atoms with E-state index in [-0.39, 0.29) is 6.10 Å². The van der Waals surface area contributed by atoms with E-state index < -0.39 is 0 Å². The van der Waals surface area contributed by atoms with Crippen LogP contribution in [0.15, 0.2) is 23.5 Å². The summed E-state index contributed by atoms with van der Waals surface area (Å²) in [6.45, 7) is 10.0. The standard InChI is InChI=1S/C16H26O2/c1-12(2)16(14-7-4-8-14)18-15-10-13(3)6-5-9-17-11-15/h13,15H,1,4-11H2,2-3H3/t13-,15-/m0/s1. The molecule has 2 aliphatic rings. The van der Waals surface area contributed by atoms with Crippen LogP contribution in [0.4, 0.5) is 0 Å². The van der Waals surface area contributed by atoms with Gasteiger partial charge in [0, 0.05) is 6.61 Å². The fourth-order valence-electron chi connectivity index (χ4n) is 2.70. The van der Waals surface area contributed by atoms with Crippen molar-refractivity contribution in [3.05, 3.63) is 23.5 Å². The zero-order chi connectivity index (χ0) is 13.0. The molecule has 0 unspecified atom stereocenters. The molecule has 1 heterocycles. The molecular formula is C16H26O2. The lowest BCUT2D eigenvalue weighted by molar-refractivity contribution is -0.00863. The van der Waals surface area contributed by atoms with Gasteiger partial charge in [-0.3, -0.25) is 0 Å². The molecular weight excluding hydrogens is 224 g/mol. The van der Waals surface area contributed by atoms with E-state index >= 15 is 0 Å². The highest BCUT2D eigenvalue weighted by Gasteiger charge is 2.22. The first-order valence-electron chi connectivity index (χ1n) is 7.29. The third-order valence-corrected chi connectivity index (χ3v) is 3.90. The molecule has 1 aliphatic carbocycles. The molecule has 0 amide bonds. The predicted molar refractivity (Wildman–Crippen MR) is 74.4 cm³/mol. The van der Waals surface area contributed by atoms with Crippen molar-refractivity contribution in [1.29, 1.82) is 0 Å². The van der Waals surface area contributed by atoms with Crippen molar-refractivity contribution in [1.82, 2.24) is 0 Å². The number of ether oxygens (including phenoxy) is 2. The van der Waals surface area contributed by atoms with Crippen LogP contribution in [0.1, 0.15) is 52.4 Å². The van der Waals surface area contributed by atoms with Crippen molar-refractivity contribution in [3.8, 4) is 0 Å². The molecule has 102 valence electrons. The summed E-state index contributed by atoms with van der Waals surface area (Å²) < 4.78 is 11.9. The zero-order valence-electron chi connectivity index (χ0n) is 11.8. The molecule has 18 heavy (non-hydrogen) atoms. The fourth-order valence-corrected chi connectivity index (χ4v) is 2.70. The molecule has 0 spiro atoms. The molecule has 1 saturated heterocycles. The molecule has 2 heteroatoms. The molecule has 0 N–H and O–H groups in total. The SMILES string of the molecule is C=C(C)C(O[C@@H]1COCCC[C@H](C)C1)=C1CCC1. The molecule has 2 rings (SSSR count). The third-order valence-electron chi connectivity index (χ3n) is 3.90. The Morgan fingerprint density at radius 2 is 2.11 bits per heavy atom. The monoisotopic (exact) mass is 250 g/mol. The van der Waals surface area contributed by atoms with Crippen LogP contribution in [-0.2, 0) is 9.47 Å². The topological polar surface area (TPSA) is 18.5 Å². The molecule has 1 saturated carbocycles. The maximum Gasteiger partial charge on any atom is 0.122 e. The van der Waals surface area contributed by atoms with Gasteiger partial charge in [0.05, 0.1) is 6.61 Å². The Bertz CT molecular complexity index is 324. The van der Waals surface area contributed by atoms with Crippen LogP contribution in [0.3, 0.4) is 0 Å². The highest BCUT2D eigenvalue weighted by Crippen LogP contribution is 2.33. The summed E-state index contributed by atoms with van der Waals surface area (Å²) in [5.41, 5.74) is 2.52. The van der Waals surface area contributed by atoms with Crippen LogP contribution in [0.25, 0.3) is 0 Å². The normalized spacial score (nSPS) is 28.9. The Balaban J connectivity index is 1.98. The smallest absolute Gasteiger partial charge is 0.122 e.